The van der Waals surface area contributed by atoms with Crippen molar-refractivity contribution in [3.05, 3.63) is 70.1 Å². The van der Waals surface area contributed by atoms with Gasteiger partial charge in [0.2, 0.25) is 0 Å². The van der Waals surface area contributed by atoms with Crippen molar-refractivity contribution >= 4 is 22.8 Å². The lowest BCUT2D eigenvalue weighted by Gasteiger charge is -2.22. The lowest BCUT2D eigenvalue weighted by atomic mass is 9.86. The molecule has 3 rings (SSSR count). The van der Waals surface area contributed by atoms with Gasteiger partial charge in [-0.1, -0.05) is 39.0 Å². The maximum Gasteiger partial charge on any atom is 0.349 e. The van der Waals surface area contributed by atoms with Gasteiger partial charge in [-0.3, -0.25) is 4.79 Å². The van der Waals surface area contributed by atoms with E-state index < -0.39 is 17.5 Å². The maximum absolute atomic E-state index is 12.3. The first-order chi connectivity index (χ1) is 15.0. The standard InChI is InChI=1S/C25H27NO6/c1-15(2)26-23(28)18-12-16-10-11-17(13-21(16)32-24(18)29)31-22(27)14-30-20-9-7-6-8-19(20)25(3,4)5/h6-13,15H,14H2,1-5H3,(H,26,28). The van der Waals surface area contributed by atoms with Crippen LogP contribution in [0.5, 0.6) is 11.5 Å². The highest BCUT2D eigenvalue weighted by Crippen LogP contribution is 2.31. The summed E-state index contributed by atoms with van der Waals surface area (Å²) in [5.41, 5.74) is 0.211. The summed E-state index contributed by atoms with van der Waals surface area (Å²) in [6.07, 6.45) is 0. The van der Waals surface area contributed by atoms with Crippen LogP contribution in [0, 0.1) is 0 Å². The molecular weight excluding hydrogens is 410 g/mol. The van der Waals surface area contributed by atoms with Gasteiger partial charge in [-0.05, 0) is 49.1 Å². The Hall–Kier alpha value is -3.61. The fourth-order valence-electron chi connectivity index (χ4n) is 3.16. The zero-order chi connectivity index (χ0) is 23.5. The van der Waals surface area contributed by atoms with Crippen LogP contribution < -0.4 is 20.4 Å². The van der Waals surface area contributed by atoms with Gasteiger partial charge < -0.3 is 19.2 Å². The number of benzene rings is 2. The van der Waals surface area contributed by atoms with Crippen LogP contribution in [0.1, 0.15) is 50.5 Å². The zero-order valence-corrected chi connectivity index (χ0v) is 18.9. The molecule has 0 aliphatic rings. The van der Waals surface area contributed by atoms with E-state index in [1.165, 1.54) is 12.1 Å². The summed E-state index contributed by atoms with van der Waals surface area (Å²) in [5, 5.41) is 3.20. The normalized spacial score (nSPS) is 11.4. The van der Waals surface area contributed by atoms with Crippen LogP contribution in [0.2, 0.25) is 0 Å². The van der Waals surface area contributed by atoms with Gasteiger partial charge in [0.05, 0.1) is 0 Å². The summed E-state index contributed by atoms with van der Waals surface area (Å²) in [6, 6.07) is 13.5. The second-order valence-electron chi connectivity index (χ2n) is 8.78. The Bertz CT molecular complexity index is 1200. The number of para-hydroxylation sites is 1. The number of ether oxygens (including phenoxy) is 2. The Labute approximate surface area is 186 Å². The van der Waals surface area contributed by atoms with Crippen molar-refractivity contribution in [3.63, 3.8) is 0 Å². The Morgan fingerprint density at radius 2 is 1.78 bits per heavy atom. The van der Waals surface area contributed by atoms with Crippen molar-refractivity contribution < 1.29 is 23.5 Å². The van der Waals surface area contributed by atoms with E-state index in [1.807, 2.05) is 24.3 Å². The molecule has 1 amide bonds. The van der Waals surface area contributed by atoms with Crippen LogP contribution in [-0.2, 0) is 10.2 Å². The van der Waals surface area contributed by atoms with Gasteiger partial charge in [0, 0.05) is 17.5 Å². The van der Waals surface area contributed by atoms with E-state index in [4.69, 9.17) is 13.9 Å². The monoisotopic (exact) mass is 437 g/mol. The number of fused-ring (bicyclic) bond motifs is 1. The van der Waals surface area contributed by atoms with Crippen LogP contribution >= 0.6 is 0 Å². The molecule has 0 spiro atoms. The number of hydrogen-bond acceptors (Lipinski definition) is 6. The smallest absolute Gasteiger partial charge is 0.349 e. The molecule has 0 aliphatic heterocycles. The molecule has 1 aromatic heterocycles. The molecule has 0 fully saturated rings. The molecule has 168 valence electrons. The lowest BCUT2D eigenvalue weighted by Crippen LogP contribution is -2.33. The highest BCUT2D eigenvalue weighted by Gasteiger charge is 2.19. The van der Waals surface area contributed by atoms with Crippen LogP contribution in [0.25, 0.3) is 11.0 Å². The Morgan fingerprint density at radius 3 is 2.47 bits per heavy atom. The number of nitrogens with one attached hydrogen (secondary N) is 1. The molecule has 2 aromatic carbocycles. The van der Waals surface area contributed by atoms with E-state index in [2.05, 4.69) is 26.1 Å². The average Bonchev–Trinajstić information content (AvgIpc) is 2.70. The quantitative estimate of drug-likeness (QED) is 0.353. The summed E-state index contributed by atoms with van der Waals surface area (Å²) < 4.78 is 16.3. The first-order valence-electron chi connectivity index (χ1n) is 10.4. The third kappa shape index (κ3) is 5.55. The molecule has 7 heteroatoms. The topological polar surface area (TPSA) is 94.8 Å². The van der Waals surface area contributed by atoms with Gasteiger partial charge >= 0.3 is 11.6 Å². The molecule has 0 radical (unpaired) electrons. The van der Waals surface area contributed by atoms with Gasteiger partial charge in [-0.2, -0.15) is 0 Å². The van der Waals surface area contributed by atoms with Crippen LogP contribution in [0.4, 0.5) is 0 Å². The molecule has 1 heterocycles. The highest BCUT2D eigenvalue weighted by molar-refractivity contribution is 5.96. The van der Waals surface area contributed by atoms with Crippen molar-refractivity contribution in [2.45, 2.75) is 46.1 Å². The summed E-state index contributed by atoms with van der Waals surface area (Å²) in [6.45, 7) is 9.51. The number of carbonyl (C=O) groups is 2. The maximum atomic E-state index is 12.3. The molecule has 32 heavy (non-hydrogen) atoms. The lowest BCUT2D eigenvalue weighted by molar-refractivity contribution is -0.136. The molecule has 7 nitrogen and oxygen atoms in total. The summed E-state index contributed by atoms with van der Waals surface area (Å²) in [4.78, 5) is 36.7. The summed E-state index contributed by atoms with van der Waals surface area (Å²) in [7, 11) is 0. The second-order valence-corrected chi connectivity index (χ2v) is 8.78. The average molecular weight is 437 g/mol. The molecule has 0 atom stereocenters. The third-order valence-electron chi connectivity index (χ3n) is 4.64. The van der Waals surface area contributed by atoms with Crippen molar-refractivity contribution in [1.29, 1.82) is 0 Å². The van der Waals surface area contributed by atoms with E-state index in [0.717, 1.165) is 5.56 Å². The fraction of sp³-hybridized carbons (Fsp3) is 0.320. The SMILES string of the molecule is CC(C)NC(=O)c1cc2ccc(OC(=O)COc3ccccc3C(C)(C)C)cc2oc1=O. The summed E-state index contributed by atoms with van der Waals surface area (Å²) in [5.74, 6) is -0.270. The zero-order valence-electron chi connectivity index (χ0n) is 18.9. The number of carbonyl (C=O) groups excluding carboxylic acids is 2. The molecule has 0 bridgehead atoms. The van der Waals surface area contributed by atoms with Crippen molar-refractivity contribution in [1.82, 2.24) is 5.32 Å². The molecular formula is C25H27NO6. The molecule has 0 aliphatic carbocycles. The van der Waals surface area contributed by atoms with E-state index >= 15 is 0 Å². The van der Waals surface area contributed by atoms with Crippen LogP contribution in [-0.4, -0.2) is 24.5 Å². The highest BCUT2D eigenvalue weighted by atomic mass is 16.6. The Morgan fingerprint density at radius 1 is 1.06 bits per heavy atom. The largest absolute Gasteiger partial charge is 0.482 e. The van der Waals surface area contributed by atoms with Crippen molar-refractivity contribution in [2.24, 2.45) is 0 Å². The van der Waals surface area contributed by atoms with Gasteiger partial charge in [0.1, 0.15) is 22.6 Å². The summed E-state index contributed by atoms with van der Waals surface area (Å²) >= 11 is 0. The van der Waals surface area contributed by atoms with E-state index in [9.17, 15) is 14.4 Å². The first kappa shape index (κ1) is 23.1. The second kappa shape index (κ2) is 9.26. The fourth-order valence-corrected chi connectivity index (χ4v) is 3.16. The van der Waals surface area contributed by atoms with Crippen molar-refractivity contribution in [3.8, 4) is 11.5 Å². The van der Waals surface area contributed by atoms with Crippen LogP contribution in [0.15, 0.2) is 57.7 Å². The molecule has 0 saturated carbocycles. The van der Waals surface area contributed by atoms with E-state index in [0.29, 0.717) is 11.1 Å². The van der Waals surface area contributed by atoms with Crippen molar-refractivity contribution in [2.75, 3.05) is 6.61 Å². The van der Waals surface area contributed by atoms with Gasteiger partial charge in [-0.25, -0.2) is 9.59 Å². The Kier molecular flexibility index (Phi) is 6.67. The van der Waals surface area contributed by atoms with Gasteiger partial charge in [-0.15, -0.1) is 0 Å². The molecule has 1 N–H and O–H groups in total. The number of amides is 1. The molecule has 0 unspecified atom stereocenters. The van der Waals surface area contributed by atoms with E-state index in [-0.39, 0.29) is 35.0 Å². The number of rotatable bonds is 6. The van der Waals surface area contributed by atoms with Gasteiger partial charge in [0.15, 0.2) is 6.61 Å². The first-order valence-corrected chi connectivity index (χ1v) is 10.4. The molecule has 3 aromatic rings. The van der Waals surface area contributed by atoms with Crippen LogP contribution in [0.3, 0.4) is 0 Å². The number of hydrogen-bond donors (Lipinski definition) is 1. The predicted octanol–water partition coefficient (Wildman–Crippen LogP) is 4.21. The molecule has 0 saturated heterocycles. The minimum absolute atomic E-state index is 0.0816. The predicted molar refractivity (Wildman–Crippen MR) is 121 cm³/mol. The number of esters is 1. The minimum Gasteiger partial charge on any atom is -0.482 e. The van der Waals surface area contributed by atoms with Gasteiger partial charge in [0.25, 0.3) is 5.91 Å². The Balaban J connectivity index is 1.72. The van der Waals surface area contributed by atoms with E-state index in [1.54, 1.807) is 26.0 Å². The minimum atomic E-state index is -0.763. The third-order valence-corrected chi connectivity index (χ3v) is 4.64.